The molecule has 0 aromatic heterocycles. The zero-order chi connectivity index (χ0) is 14.1. The minimum Gasteiger partial charge on any atom is -0.381 e. The van der Waals surface area contributed by atoms with E-state index in [1.165, 1.54) is 0 Å². The van der Waals surface area contributed by atoms with Crippen molar-refractivity contribution >= 4 is 15.5 Å². The van der Waals surface area contributed by atoms with Crippen molar-refractivity contribution in [1.29, 1.82) is 5.26 Å². The lowest BCUT2D eigenvalue weighted by molar-refractivity contribution is 0.602. The maximum atomic E-state index is 11.4. The summed E-state index contributed by atoms with van der Waals surface area (Å²) < 4.78 is 22.8. The van der Waals surface area contributed by atoms with Crippen LogP contribution in [0.25, 0.3) is 0 Å². The van der Waals surface area contributed by atoms with E-state index in [9.17, 15) is 8.42 Å². The molecule has 0 radical (unpaired) electrons. The topological polar surface area (TPSA) is 70.0 Å². The summed E-state index contributed by atoms with van der Waals surface area (Å²) in [6, 6.07) is 9.89. The number of benzene rings is 1. The molecule has 0 saturated carbocycles. The lowest BCUT2D eigenvalue weighted by Crippen LogP contribution is -2.20. The Kier molecular flexibility index (Phi) is 3.55. The number of nitriles is 1. The highest BCUT2D eigenvalue weighted by Crippen LogP contribution is 2.24. The third kappa shape index (κ3) is 3.27. The Morgan fingerprint density at radius 1 is 1.32 bits per heavy atom. The van der Waals surface area contributed by atoms with Gasteiger partial charge in [-0.25, -0.2) is 8.42 Å². The van der Waals surface area contributed by atoms with Gasteiger partial charge in [0.25, 0.3) is 0 Å². The van der Waals surface area contributed by atoms with Crippen LogP contribution in [-0.4, -0.2) is 26.0 Å². The fourth-order valence-electron chi connectivity index (χ4n) is 2.19. The molecule has 1 heterocycles. The highest BCUT2D eigenvalue weighted by molar-refractivity contribution is 7.91. The molecule has 1 unspecified atom stereocenters. The molecule has 19 heavy (non-hydrogen) atoms. The molecule has 1 aliphatic heterocycles. The summed E-state index contributed by atoms with van der Waals surface area (Å²) in [5, 5.41) is 12.3. The quantitative estimate of drug-likeness (QED) is 0.919. The molecule has 1 aromatic rings. The second-order valence-corrected chi connectivity index (χ2v) is 7.79. The molecule has 0 spiro atoms. The summed E-state index contributed by atoms with van der Waals surface area (Å²) in [5.74, 6) is 0.475. The molecular formula is C14H18N2O2S. The van der Waals surface area contributed by atoms with E-state index in [4.69, 9.17) is 5.26 Å². The first kappa shape index (κ1) is 13.9. The molecule has 102 valence electrons. The van der Waals surface area contributed by atoms with Crippen LogP contribution in [0.1, 0.15) is 25.8 Å². The summed E-state index contributed by atoms with van der Waals surface area (Å²) in [6.07, 6.45) is 0.660. The number of nitrogens with one attached hydrogen (secondary N) is 1. The van der Waals surface area contributed by atoms with E-state index >= 15 is 0 Å². The van der Waals surface area contributed by atoms with Crippen LogP contribution >= 0.6 is 0 Å². The maximum absolute atomic E-state index is 11.4. The first-order chi connectivity index (χ1) is 8.82. The van der Waals surface area contributed by atoms with Crippen LogP contribution in [0, 0.1) is 11.3 Å². The minimum absolute atomic E-state index is 0.000160. The van der Waals surface area contributed by atoms with E-state index in [-0.39, 0.29) is 17.5 Å². The first-order valence-electron chi connectivity index (χ1n) is 6.31. The van der Waals surface area contributed by atoms with Crippen molar-refractivity contribution < 1.29 is 8.42 Å². The highest BCUT2D eigenvalue weighted by atomic mass is 32.2. The van der Waals surface area contributed by atoms with Gasteiger partial charge in [-0.15, -0.1) is 0 Å². The molecule has 4 nitrogen and oxygen atoms in total. The molecule has 1 fully saturated rings. The van der Waals surface area contributed by atoms with Crippen LogP contribution in [0.15, 0.2) is 24.3 Å². The summed E-state index contributed by atoms with van der Waals surface area (Å²) in [7, 11) is -2.86. The number of sulfone groups is 1. The van der Waals surface area contributed by atoms with E-state index < -0.39 is 15.3 Å². The van der Waals surface area contributed by atoms with Gasteiger partial charge in [0, 0.05) is 11.7 Å². The van der Waals surface area contributed by atoms with Crippen LogP contribution in [-0.2, 0) is 15.3 Å². The van der Waals surface area contributed by atoms with Gasteiger partial charge in [-0.05, 0) is 38.0 Å². The van der Waals surface area contributed by atoms with Crippen LogP contribution < -0.4 is 5.32 Å². The molecule has 1 N–H and O–H groups in total. The van der Waals surface area contributed by atoms with Crippen molar-refractivity contribution in [2.45, 2.75) is 31.7 Å². The summed E-state index contributed by atoms with van der Waals surface area (Å²) in [5.41, 5.74) is 1.36. The monoisotopic (exact) mass is 278 g/mol. The molecule has 1 atom stereocenters. The zero-order valence-corrected chi connectivity index (χ0v) is 12.0. The zero-order valence-electron chi connectivity index (χ0n) is 11.2. The largest absolute Gasteiger partial charge is 0.381 e. The standard InChI is InChI=1S/C14H18N2O2S/c1-14(2,10-15)11-3-5-12(6-4-11)16-13-7-8-19(17,18)9-13/h3-6,13,16H,7-9H2,1-2H3. The summed E-state index contributed by atoms with van der Waals surface area (Å²) in [6.45, 7) is 3.75. The van der Waals surface area contributed by atoms with Crippen molar-refractivity contribution in [3.8, 4) is 6.07 Å². The predicted molar refractivity (Wildman–Crippen MR) is 75.8 cm³/mol. The third-order valence-corrected chi connectivity index (χ3v) is 5.26. The average molecular weight is 278 g/mol. The van der Waals surface area contributed by atoms with Gasteiger partial charge < -0.3 is 5.32 Å². The normalized spacial score (nSPS) is 21.8. The Balaban J connectivity index is 2.06. The first-order valence-corrected chi connectivity index (χ1v) is 8.13. The third-order valence-electron chi connectivity index (χ3n) is 3.49. The van der Waals surface area contributed by atoms with Crippen LogP contribution in [0.4, 0.5) is 5.69 Å². The van der Waals surface area contributed by atoms with E-state index in [1.807, 2.05) is 38.1 Å². The smallest absolute Gasteiger partial charge is 0.152 e. The average Bonchev–Trinajstić information content (AvgIpc) is 2.69. The van der Waals surface area contributed by atoms with Gasteiger partial charge >= 0.3 is 0 Å². The van der Waals surface area contributed by atoms with E-state index in [1.54, 1.807) is 0 Å². The Hall–Kier alpha value is -1.54. The predicted octanol–water partition coefficient (Wildman–Crippen LogP) is 2.09. The second kappa shape index (κ2) is 4.86. The summed E-state index contributed by atoms with van der Waals surface area (Å²) >= 11 is 0. The Bertz CT molecular complexity index is 597. The molecule has 0 amide bonds. The maximum Gasteiger partial charge on any atom is 0.152 e. The number of rotatable bonds is 3. The van der Waals surface area contributed by atoms with Gasteiger partial charge in [-0.3, -0.25) is 0 Å². The van der Waals surface area contributed by atoms with Gasteiger partial charge in [0.05, 0.1) is 23.0 Å². The molecule has 0 aliphatic carbocycles. The van der Waals surface area contributed by atoms with Crippen molar-refractivity contribution in [2.75, 3.05) is 16.8 Å². The van der Waals surface area contributed by atoms with E-state index in [0.717, 1.165) is 11.3 Å². The molecule has 5 heteroatoms. The highest BCUT2D eigenvalue weighted by Gasteiger charge is 2.27. The fraction of sp³-hybridized carbons (Fsp3) is 0.500. The number of anilines is 1. The fourth-order valence-corrected chi connectivity index (χ4v) is 3.87. The van der Waals surface area contributed by atoms with Gasteiger partial charge in [-0.2, -0.15) is 5.26 Å². The van der Waals surface area contributed by atoms with Crippen molar-refractivity contribution in [3.63, 3.8) is 0 Å². The SMILES string of the molecule is CC(C)(C#N)c1ccc(NC2CCS(=O)(=O)C2)cc1. The van der Waals surface area contributed by atoms with Gasteiger partial charge in [0.1, 0.15) is 0 Å². The molecule has 1 aliphatic rings. The Morgan fingerprint density at radius 3 is 2.42 bits per heavy atom. The molecule has 1 saturated heterocycles. The molecule has 2 rings (SSSR count). The number of nitrogens with zero attached hydrogens (tertiary/aromatic N) is 1. The number of hydrogen-bond donors (Lipinski definition) is 1. The van der Waals surface area contributed by atoms with Crippen LogP contribution in [0.2, 0.25) is 0 Å². The van der Waals surface area contributed by atoms with Crippen molar-refractivity contribution in [2.24, 2.45) is 0 Å². The lowest BCUT2D eigenvalue weighted by atomic mass is 9.86. The van der Waals surface area contributed by atoms with Gasteiger partial charge in [0.2, 0.25) is 0 Å². The molecule has 0 bridgehead atoms. The Morgan fingerprint density at radius 2 is 1.95 bits per heavy atom. The second-order valence-electron chi connectivity index (χ2n) is 5.56. The summed E-state index contributed by atoms with van der Waals surface area (Å²) in [4.78, 5) is 0. The Labute approximate surface area is 114 Å². The van der Waals surface area contributed by atoms with Gasteiger partial charge in [0.15, 0.2) is 9.84 Å². The molecule has 1 aromatic carbocycles. The van der Waals surface area contributed by atoms with Crippen molar-refractivity contribution in [1.82, 2.24) is 0 Å². The van der Waals surface area contributed by atoms with Crippen LogP contribution in [0.3, 0.4) is 0 Å². The number of hydrogen-bond acceptors (Lipinski definition) is 4. The van der Waals surface area contributed by atoms with Crippen LogP contribution in [0.5, 0.6) is 0 Å². The van der Waals surface area contributed by atoms with Gasteiger partial charge in [-0.1, -0.05) is 12.1 Å². The lowest BCUT2D eigenvalue weighted by Gasteiger charge is -2.17. The molecular weight excluding hydrogens is 260 g/mol. The van der Waals surface area contributed by atoms with E-state index in [2.05, 4.69) is 11.4 Å². The van der Waals surface area contributed by atoms with E-state index in [0.29, 0.717) is 6.42 Å². The minimum atomic E-state index is -2.86. The van der Waals surface area contributed by atoms with Crippen molar-refractivity contribution in [3.05, 3.63) is 29.8 Å².